The zero-order valence-corrected chi connectivity index (χ0v) is 85.9. The molecule has 0 aromatic heterocycles. The van der Waals surface area contributed by atoms with Crippen molar-refractivity contribution in [3.63, 3.8) is 0 Å². The van der Waals surface area contributed by atoms with E-state index in [2.05, 4.69) is 74.4 Å². The Kier molecular flexibility index (Phi) is 49.6. The fourth-order valence-corrected chi connectivity index (χ4v) is 24.3. The molecule has 9 rings (SSSR count). The number of hydrogen-bond acceptors (Lipinski definition) is 30. The Hall–Kier alpha value is -10.7. The molecule has 0 aromatic rings. The SMILES string of the molecule is CC(C)C[C@@H]1NC(=O)[C@H](CC2CC3CCCCC3N2)NC(=O)[C@@H](NC(=O)[C@H](CC(=O)O)NC(=O)[C@H](CO)NC(=O)CCCCCNC(=O)CN2CCN(CC(=O)O)CCN(CC(=O)O)CCN(CC(=O)O)CC2)CSSC[C@@H](C(=O)N2CCC[C@H]2C(=O)N[C@@H](CC2CCC(C3CCCCC3)CC2)C(=O)N[C@@H](CC(=O)O)C(N)=O)NC(=O)[C@H](CC(N)=O)NC(=O)[C@H](CC2CNC3CCCCC23)NC(=O)[C@H](CCC(N)=O)NC1=O. The summed E-state index contributed by atoms with van der Waals surface area (Å²) in [7, 11) is 1.52. The molecule has 0 aromatic carbocycles. The second-order valence-electron chi connectivity index (χ2n) is 41.4. The molecule has 4 aliphatic carbocycles. The predicted octanol–water partition coefficient (Wildman–Crippen LogP) is -4.27. The van der Waals surface area contributed by atoms with Crippen LogP contribution in [0.2, 0.25) is 0 Å². The molecular formula is C96H156N22O27S2. The molecule has 9 fully saturated rings. The minimum absolute atomic E-state index is 0.00424. The molecule has 16 amide bonds. The summed E-state index contributed by atoms with van der Waals surface area (Å²) in [5.74, 6) is -23.6. The summed E-state index contributed by atoms with van der Waals surface area (Å²) in [6.45, 7) is 2.81. The van der Waals surface area contributed by atoms with Crippen molar-refractivity contribution in [1.82, 2.24) is 98.9 Å². The van der Waals surface area contributed by atoms with Crippen LogP contribution in [-0.2, 0) is 101 Å². The van der Waals surface area contributed by atoms with E-state index in [-0.39, 0.29) is 179 Å². The summed E-state index contributed by atoms with van der Waals surface area (Å²) in [5, 5.41) is 98.2. The van der Waals surface area contributed by atoms with Gasteiger partial charge < -0.3 is 127 Å². The lowest BCUT2D eigenvalue weighted by Gasteiger charge is -2.37. The first kappa shape index (κ1) is 120. The minimum Gasteiger partial charge on any atom is -0.481 e. The number of primary amides is 3. The third kappa shape index (κ3) is 40.6. The van der Waals surface area contributed by atoms with Gasteiger partial charge in [0, 0.05) is 108 Å². The topological polar surface area (TPSA) is 743 Å². The summed E-state index contributed by atoms with van der Waals surface area (Å²) in [6.07, 6.45) is 12.2. The van der Waals surface area contributed by atoms with Gasteiger partial charge in [0.15, 0.2) is 0 Å². The number of aliphatic hydroxyl groups excluding tert-OH is 1. The molecule has 0 bridgehead atoms. The highest BCUT2D eigenvalue weighted by molar-refractivity contribution is 8.76. The van der Waals surface area contributed by atoms with Crippen molar-refractivity contribution in [1.29, 1.82) is 0 Å². The van der Waals surface area contributed by atoms with Gasteiger partial charge in [0.05, 0.1) is 52.0 Å². The van der Waals surface area contributed by atoms with Crippen molar-refractivity contribution in [2.24, 2.45) is 58.6 Å². The van der Waals surface area contributed by atoms with Gasteiger partial charge in [0.2, 0.25) is 94.5 Å². The van der Waals surface area contributed by atoms with Gasteiger partial charge in [-0.25, -0.2) is 0 Å². The number of unbranched alkanes of at least 4 members (excludes halogenated alkanes) is 2. The first-order valence-corrected chi connectivity index (χ1v) is 54.6. The standard InChI is InChI=1S/C96H156N22O27S2/c1-54(2)38-66-87(136)104-64(26-27-76(97)120)86(135)107-68(41-59-46-101-63-19-11-9-17-61(59)63)89(138)109-70(43-77(98)121)91(140)113-74(96(145)118-29-13-20-75(118)95(144)111-67(88(137)105-65(85(99)134)44-80(124)125)39-55-22-24-57(25-23-55)56-14-5-3-6-15-56)53-147-146-52-73(94(143)108-69(90(139)106-66)42-60-40-58-16-8-10-18-62(58)102-60)112-92(141)71(45-81(126)127)110-93(142)72(51-119)103-78(122)21-7-4-12-28-100-79(123)47-114-30-32-115(48-82(128)129)34-36-117(50-84(132)133)37-35-116(33-31-114)49-83(130)131/h54-75,101-102,119H,3-53H2,1-2H3,(H2,97,120)(H2,98,121)(H2,99,134)(H,100,123)(H,103,122)(H,104,136)(H,105,137)(H,106,139)(H,107,135)(H,108,143)(H,109,138)(H,110,142)(H,111,144)(H,112,141)(H,113,140)(H,124,125)(H,126,127)(H,128,129)(H,130,131)(H,132,133)/t55?,57?,58?,59?,60?,61?,62?,63?,64-,65-,66-,67-,68-,69-,70-,71-,72-,73-,74-,75-/m0/s1. The van der Waals surface area contributed by atoms with Crippen LogP contribution in [0.15, 0.2) is 0 Å². The zero-order chi connectivity index (χ0) is 107. The lowest BCUT2D eigenvalue weighted by Crippen LogP contribution is -2.61. The summed E-state index contributed by atoms with van der Waals surface area (Å²) in [5.41, 5.74) is 17.2. The summed E-state index contributed by atoms with van der Waals surface area (Å²) >= 11 is 0. The number of carbonyl (C=O) groups excluding carboxylic acids is 16. The van der Waals surface area contributed by atoms with Gasteiger partial charge in [-0.05, 0) is 151 Å². The smallest absolute Gasteiger partial charge is 0.317 e. The number of hydrogen-bond donors (Lipinski definition) is 23. The number of amides is 16. The Labute approximate surface area is 863 Å². The molecule has 6 unspecified atom stereocenters. The van der Waals surface area contributed by atoms with Crippen LogP contribution < -0.4 is 91.6 Å². The lowest BCUT2D eigenvalue weighted by atomic mass is 9.70. The van der Waals surface area contributed by atoms with Gasteiger partial charge in [-0.1, -0.05) is 112 Å². The third-order valence-corrected chi connectivity index (χ3v) is 32.2. The number of fused-ring (bicyclic) bond motifs is 2. The molecule has 26 N–H and O–H groups in total. The average Bonchev–Trinajstić information content (AvgIpc) is 1.71. The molecule has 5 aliphatic heterocycles. The zero-order valence-electron chi connectivity index (χ0n) is 84.3. The van der Waals surface area contributed by atoms with Crippen molar-refractivity contribution in [3.05, 3.63) is 0 Å². The van der Waals surface area contributed by atoms with E-state index in [0.29, 0.717) is 50.5 Å². The van der Waals surface area contributed by atoms with E-state index in [1.807, 2.05) is 0 Å². The van der Waals surface area contributed by atoms with E-state index in [4.69, 9.17) is 17.2 Å². The van der Waals surface area contributed by atoms with E-state index >= 15 is 43.2 Å². The molecule has 5 heterocycles. The number of nitrogens with zero attached hydrogens (tertiary/aromatic N) is 5. The van der Waals surface area contributed by atoms with E-state index in [0.717, 1.165) is 123 Å². The van der Waals surface area contributed by atoms with E-state index in [1.54, 1.807) is 33.4 Å². The maximum atomic E-state index is 15.9. The monoisotopic (exact) mass is 2110 g/mol. The number of aliphatic hydroxyl groups is 1. The Morgan fingerprint density at radius 3 is 1.55 bits per heavy atom. The molecule has 4 saturated carbocycles. The van der Waals surface area contributed by atoms with E-state index in [9.17, 15) is 88.2 Å². The van der Waals surface area contributed by atoms with Crippen LogP contribution in [0, 0.1) is 41.4 Å². The fraction of sp³-hybridized carbons (Fsp3) is 0.781. The van der Waals surface area contributed by atoms with Crippen molar-refractivity contribution in [2.45, 2.75) is 316 Å². The molecule has 5 saturated heterocycles. The molecule has 9 aliphatic rings. The Bertz CT molecular complexity index is 4490. The van der Waals surface area contributed by atoms with E-state index in [1.165, 1.54) is 0 Å². The number of carbonyl (C=O) groups is 21. The molecular weight excluding hydrogens is 1960 g/mol. The highest BCUT2D eigenvalue weighted by atomic mass is 33.1. The number of carboxylic acids is 5. The molecule has 147 heavy (non-hydrogen) atoms. The molecule has 0 radical (unpaired) electrons. The highest BCUT2D eigenvalue weighted by Crippen LogP contribution is 2.42. The highest BCUT2D eigenvalue weighted by Gasteiger charge is 2.47. The van der Waals surface area contributed by atoms with Crippen LogP contribution in [0.25, 0.3) is 0 Å². The van der Waals surface area contributed by atoms with Gasteiger partial charge in [0.1, 0.15) is 72.5 Å². The summed E-state index contributed by atoms with van der Waals surface area (Å²) < 4.78 is 0. The van der Waals surface area contributed by atoms with Crippen molar-refractivity contribution >= 4 is 146 Å². The van der Waals surface area contributed by atoms with Crippen molar-refractivity contribution < 1.29 is 131 Å². The van der Waals surface area contributed by atoms with Gasteiger partial charge in [-0.15, -0.1) is 0 Å². The van der Waals surface area contributed by atoms with Gasteiger partial charge in [0.25, 0.3) is 0 Å². The van der Waals surface area contributed by atoms with E-state index < -0.39 is 259 Å². The molecule has 51 heteroatoms. The molecule has 0 spiro atoms. The second kappa shape index (κ2) is 60.8. The quantitative estimate of drug-likeness (QED) is 0.0203. The molecule has 18 atom stereocenters. The number of likely N-dealkylation sites (tertiary alicyclic amines) is 1. The number of rotatable bonds is 44. The Morgan fingerprint density at radius 2 is 0.959 bits per heavy atom. The van der Waals surface area contributed by atoms with Gasteiger partial charge in [-0.3, -0.25) is 120 Å². The maximum absolute atomic E-state index is 15.9. The normalized spacial score (nSPS) is 27.7. The first-order valence-electron chi connectivity index (χ1n) is 52.1. The van der Waals surface area contributed by atoms with Crippen LogP contribution in [0.1, 0.15) is 226 Å². The van der Waals surface area contributed by atoms with Gasteiger partial charge in [-0.2, -0.15) is 0 Å². The maximum Gasteiger partial charge on any atom is 0.317 e. The van der Waals surface area contributed by atoms with Crippen LogP contribution in [-0.4, -0.2) is 386 Å². The van der Waals surface area contributed by atoms with Crippen LogP contribution in [0.5, 0.6) is 0 Å². The lowest BCUT2D eigenvalue weighted by molar-refractivity contribution is -0.142. The third-order valence-electron chi connectivity index (χ3n) is 29.7. The summed E-state index contributed by atoms with van der Waals surface area (Å²) in [4.78, 5) is 301. The number of carboxylic acid groups (broad SMARTS) is 5. The molecule has 824 valence electrons. The van der Waals surface area contributed by atoms with Crippen LogP contribution in [0.3, 0.4) is 0 Å². The van der Waals surface area contributed by atoms with Crippen molar-refractivity contribution in [2.75, 3.05) is 116 Å². The number of nitrogens with one attached hydrogen (secondary N) is 14. The number of nitrogens with two attached hydrogens (primary N) is 3. The Balaban J connectivity index is 0.993. The summed E-state index contributed by atoms with van der Waals surface area (Å²) in [6, 6.07) is -21.0. The molecule has 49 nitrogen and oxygen atoms in total. The van der Waals surface area contributed by atoms with Gasteiger partial charge >= 0.3 is 29.8 Å². The predicted molar refractivity (Wildman–Crippen MR) is 534 cm³/mol. The first-order chi connectivity index (χ1) is 70.0. The Morgan fingerprint density at radius 1 is 0.442 bits per heavy atom. The van der Waals surface area contributed by atoms with Crippen LogP contribution >= 0.6 is 21.6 Å². The van der Waals surface area contributed by atoms with Crippen LogP contribution in [0.4, 0.5) is 0 Å². The fourth-order valence-electron chi connectivity index (χ4n) is 22.0. The largest absolute Gasteiger partial charge is 0.481 e. The minimum atomic E-state index is -2.13. The second-order valence-corrected chi connectivity index (χ2v) is 43.9. The van der Waals surface area contributed by atoms with Crippen molar-refractivity contribution in [3.8, 4) is 0 Å². The number of aliphatic carboxylic acids is 5. The average molecular weight is 2110 g/mol.